The lowest BCUT2D eigenvalue weighted by Gasteiger charge is -2.50. The summed E-state index contributed by atoms with van der Waals surface area (Å²) in [5.74, 6) is -0.333. The summed E-state index contributed by atoms with van der Waals surface area (Å²) in [6.45, 7) is 1.39. The first-order valence-electron chi connectivity index (χ1n) is 7.67. The minimum Gasteiger partial charge on any atom is -0.395 e. The van der Waals surface area contributed by atoms with Crippen molar-refractivity contribution < 1.29 is 13.5 Å². The summed E-state index contributed by atoms with van der Waals surface area (Å²) in [6, 6.07) is 16.6. The number of hydrogen-bond acceptors (Lipinski definition) is 4. The molecule has 3 rings (SSSR count). The molecule has 1 aliphatic rings. The van der Waals surface area contributed by atoms with Crippen molar-refractivity contribution in [3.63, 3.8) is 0 Å². The van der Waals surface area contributed by atoms with E-state index in [1.54, 1.807) is 25.1 Å². The van der Waals surface area contributed by atoms with Gasteiger partial charge in [-0.15, -0.1) is 0 Å². The molecule has 0 bridgehead atoms. The summed E-state index contributed by atoms with van der Waals surface area (Å²) in [5.41, 5.74) is 1.48. The van der Waals surface area contributed by atoms with Gasteiger partial charge < -0.3 is 5.11 Å². The van der Waals surface area contributed by atoms with Crippen LogP contribution in [0.2, 0.25) is 0 Å². The number of hydrogen-bond donors (Lipinski definition) is 1. The third-order valence-electron chi connectivity index (χ3n) is 4.51. The fourth-order valence-corrected chi connectivity index (χ4v) is 5.31. The van der Waals surface area contributed by atoms with Gasteiger partial charge in [0, 0.05) is 5.92 Å². The maximum absolute atomic E-state index is 13.0. The predicted molar refractivity (Wildman–Crippen MR) is 89.7 cm³/mol. The highest BCUT2D eigenvalue weighted by Gasteiger charge is 2.55. The van der Waals surface area contributed by atoms with Gasteiger partial charge in [-0.05, 0) is 24.1 Å². The van der Waals surface area contributed by atoms with Gasteiger partial charge in [-0.2, -0.15) is 9.57 Å². The number of aliphatic hydroxyl groups is 1. The van der Waals surface area contributed by atoms with Gasteiger partial charge in [0.2, 0.25) is 10.0 Å². The average molecular weight is 342 g/mol. The molecule has 2 aromatic rings. The van der Waals surface area contributed by atoms with Crippen molar-refractivity contribution in [1.29, 1.82) is 5.26 Å². The first kappa shape index (κ1) is 16.7. The molecule has 0 unspecified atom stereocenters. The van der Waals surface area contributed by atoms with Crippen molar-refractivity contribution in [1.82, 2.24) is 4.31 Å². The molecule has 5 nitrogen and oxygen atoms in total. The number of nitriles is 1. The highest BCUT2D eigenvalue weighted by atomic mass is 32.2. The van der Waals surface area contributed by atoms with Crippen LogP contribution in [0, 0.1) is 18.3 Å². The van der Waals surface area contributed by atoms with Crippen LogP contribution in [0.4, 0.5) is 0 Å². The van der Waals surface area contributed by atoms with E-state index in [-0.39, 0.29) is 17.4 Å². The second-order valence-corrected chi connectivity index (χ2v) is 7.67. The summed E-state index contributed by atoms with van der Waals surface area (Å²) in [4.78, 5) is 0.176. The molecule has 1 N–H and O–H groups in total. The van der Waals surface area contributed by atoms with E-state index in [0.29, 0.717) is 5.56 Å². The molecule has 2 aromatic carbocycles. The normalized spacial score (nSPS) is 24.1. The Morgan fingerprint density at radius 2 is 1.75 bits per heavy atom. The Kier molecular flexibility index (Phi) is 4.41. The first-order valence-corrected chi connectivity index (χ1v) is 9.11. The zero-order valence-corrected chi connectivity index (χ0v) is 14.0. The highest BCUT2D eigenvalue weighted by Crippen LogP contribution is 2.44. The van der Waals surface area contributed by atoms with Gasteiger partial charge in [0.1, 0.15) is 6.04 Å². The summed E-state index contributed by atoms with van der Waals surface area (Å²) in [5, 5.41) is 19.3. The molecule has 124 valence electrons. The zero-order chi connectivity index (χ0) is 17.3. The first-order chi connectivity index (χ1) is 11.5. The summed E-state index contributed by atoms with van der Waals surface area (Å²) < 4.78 is 27.2. The molecular formula is C18H18N2O3S. The Hall–Kier alpha value is -2.20. The number of aryl methyl sites for hydroxylation is 1. The monoisotopic (exact) mass is 342 g/mol. The Morgan fingerprint density at radius 1 is 1.12 bits per heavy atom. The van der Waals surface area contributed by atoms with E-state index in [4.69, 9.17) is 0 Å². The van der Waals surface area contributed by atoms with Crippen LogP contribution in [0.15, 0.2) is 59.5 Å². The predicted octanol–water partition coefficient (Wildman–Crippen LogP) is 2.04. The van der Waals surface area contributed by atoms with Gasteiger partial charge >= 0.3 is 0 Å². The Bertz CT molecular complexity index is 875. The molecule has 1 aliphatic heterocycles. The summed E-state index contributed by atoms with van der Waals surface area (Å²) >= 11 is 0. The largest absolute Gasteiger partial charge is 0.395 e. The van der Waals surface area contributed by atoms with Crippen LogP contribution >= 0.6 is 0 Å². The molecule has 24 heavy (non-hydrogen) atoms. The molecule has 0 spiro atoms. The van der Waals surface area contributed by atoms with E-state index in [9.17, 15) is 18.8 Å². The molecular weight excluding hydrogens is 324 g/mol. The molecule has 0 radical (unpaired) electrons. The van der Waals surface area contributed by atoms with Crippen molar-refractivity contribution in [3.8, 4) is 6.07 Å². The molecule has 1 heterocycles. The summed E-state index contributed by atoms with van der Waals surface area (Å²) in [7, 11) is -3.85. The number of sulfonamides is 1. The van der Waals surface area contributed by atoms with Crippen molar-refractivity contribution >= 4 is 10.0 Å². The number of rotatable bonds is 4. The Morgan fingerprint density at radius 3 is 2.33 bits per heavy atom. The minimum absolute atomic E-state index is 0.176. The fourth-order valence-electron chi connectivity index (χ4n) is 3.33. The number of aliphatic hydroxyl groups excluding tert-OH is 1. The van der Waals surface area contributed by atoms with Gasteiger partial charge in [0.15, 0.2) is 0 Å². The maximum Gasteiger partial charge on any atom is 0.244 e. The number of nitrogens with zero attached hydrogens (tertiary/aromatic N) is 2. The Labute approximate surface area is 141 Å². The molecule has 0 saturated carbocycles. The second kappa shape index (κ2) is 6.36. The van der Waals surface area contributed by atoms with E-state index >= 15 is 0 Å². The van der Waals surface area contributed by atoms with Gasteiger partial charge in [0.25, 0.3) is 0 Å². The smallest absolute Gasteiger partial charge is 0.244 e. The van der Waals surface area contributed by atoms with Crippen LogP contribution in [-0.4, -0.2) is 36.5 Å². The molecule has 3 atom stereocenters. The Balaban J connectivity index is 2.03. The van der Waals surface area contributed by atoms with Gasteiger partial charge in [-0.1, -0.05) is 48.5 Å². The van der Waals surface area contributed by atoms with Gasteiger partial charge in [-0.3, -0.25) is 0 Å². The maximum atomic E-state index is 13.0. The molecule has 0 aromatic heterocycles. The molecule has 0 amide bonds. The molecule has 1 saturated heterocycles. The SMILES string of the molecule is Cc1ccccc1S(=O)(=O)N1[C@H](C#N)[C@@H](c2ccccc2)[C@H]1CO. The van der Waals surface area contributed by atoms with Crippen molar-refractivity contribution in [3.05, 3.63) is 65.7 Å². The second-order valence-electron chi connectivity index (χ2n) is 5.86. The average Bonchev–Trinajstić information content (AvgIpc) is 2.55. The lowest BCUT2D eigenvalue weighted by atomic mass is 9.78. The lowest BCUT2D eigenvalue weighted by molar-refractivity contribution is 0.0556. The van der Waals surface area contributed by atoms with Crippen LogP contribution in [0.1, 0.15) is 17.0 Å². The number of benzene rings is 2. The van der Waals surface area contributed by atoms with E-state index < -0.39 is 22.1 Å². The zero-order valence-electron chi connectivity index (χ0n) is 13.2. The molecule has 1 fully saturated rings. The topological polar surface area (TPSA) is 81.4 Å². The van der Waals surface area contributed by atoms with E-state index in [2.05, 4.69) is 6.07 Å². The summed E-state index contributed by atoms with van der Waals surface area (Å²) in [6.07, 6.45) is 0. The third-order valence-corrected chi connectivity index (χ3v) is 6.58. The van der Waals surface area contributed by atoms with Crippen LogP contribution in [0.5, 0.6) is 0 Å². The van der Waals surface area contributed by atoms with E-state index in [0.717, 1.165) is 9.87 Å². The third kappa shape index (κ3) is 2.51. The van der Waals surface area contributed by atoms with Gasteiger partial charge in [0.05, 0.1) is 23.6 Å². The van der Waals surface area contributed by atoms with Gasteiger partial charge in [-0.25, -0.2) is 8.42 Å². The lowest BCUT2D eigenvalue weighted by Crippen LogP contribution is -2.65. The van der Waals surface area contributed by atoms with E-state index in [1.807, 2.05) is 30.3 Å². The van der Waals surface area contributed by atoms with Crippen molar-refractivity contribution in [2.24, 2.45) is 0 Å². The van der Waals surface area contributed by atoms with Crippen LogP contribution < -0.4 is 0 Å². The highest BCUT2D eigenvalue weighted by molar-refractivity contribution is 7.89. The van der Waals surface area contributed by atoms with Crippen LogP contribution in [0.3, 0.4) is 0 Å². The van der Waals surface area contributed by atoms with Crippen molar-refractivity contribution in [2.45, 2.75) is 29.8 Å². The quantitative estimate of drug-likeness (QED) is 0.922. The standard InChI is InChI=1S/C18H18N2O3S/c1-13-7-5-6-10-17(13)24(22,23)20-15(11-19)18(16(20)12-21)14-8-3-2-4-9-14/h2-10,15-16,18,21H,12H2,1H3/t15-,16-,18-/m1/s1. The van der Waals surface area contributed by atoms with Crippen LogP contribution in [-0.2, 0) is 10.0 Å². The fraction of sp³-hybridized carbons (Fsp3) is 0.278. The van der Waals surface area contributed by atoms with E-state index in [1.165, 1.54) is 6.07 Å². The molecule has 0 aliphatic carbocycles. The molecule has 6 heteroatoms. The van der Waals surface area contributed by atoms with Crippen LogP contribution in [0.25, 0.3) is 0 Å². The van der Waals surface area contributed by atoms with Crippen molar-refractivity contribution in [2.75, 3.05) is 6.61 Å². The minimum atomic E-state index is -3.85.